The first kappa shape index (κ1) is 10.3. The zero-order chi connectivity index (χ0) is 5.98. The molecule has 0 radical (unpaired) electrons. The summed E-state index contributed by atoms with van der Waals surface area (Å²) in [6, 6.07) is 9.04. The molecule has 3 heteroatoms. The van der Waals surface area contributed by atoms with Crippen molar-refractivity contribution in [2.75, 3.05) is 0 Å². The van der Waals surface area contributed by atoms with E-state index >= 15 is 0 Å². The van der Waals surface area contributed by atoms with E-state index in [9.17, 15) is 0 Å². The minimum Gasteiger partial charge on any atom is -0.182 e. The second-order valence-corrected chi connectivity index (χ2v) is 3.86. The van der Waals surface area contributed by atoms with Crippen molar-refractivity contribution < 1.29 is 18.9 Å². The quantitative estimate of drug-likeness (QED) is 0.347. The predicted molar refractivity (Wildman–Crippen MR) is 50.7 cm³/mol. The second kappa shape index (κ2) is 5.00. The molecule has 0 N–H and O–H groups in total. The minimum absolute atomic E-state index is 0. The van der Waals surface area contributed by atoms with Crippen LogP contribution < -0.4 is 18.9 Å². The average molecular weight is 336 g/mol. The Kier molecular flexibility index (Phi) is 5.71. The van der Waals surface area contributed by atoms with Gasteiger partial charge >= 0.3 is 18.9 Å². The molecule has 0 spiro atoms. The standard InChI is InChI=1S/C6H3I2.Li/c7-5-2-1-3-6(8)4-5;/h2-4H;/q-1;+1. The summed E-state index contributed by atoms with van der Waals surface area (Å²) in [6.45, 7) is 0. The third-order valence-electron chi connectivity index (χ3n) is 0.718. The van der Waals surface area contributed by atoms with Crippen molar-refractivity contribution >= 4 is 45.2 Å². The summed E-state index contributed by atoms with van der Waals surface area (Å²) >= 11 is 4.54. The molecule has 0 fully saturated rings. The van der Waals surface area contributed by atoms with Crippen molar-refractivity contribution in [3.8, 4) is 0 Å². The summed E-state index contributed by atoms with van der Waals surface area (Å²) in [5.74, 6) is 0. The van der Waals surface area contributed by atoms with Gasteiger partial charge in [-0.3, -0.25) is 0 Å². The van der Waals surface area contributed by atoms with Crippen LogP contribution in [0.3, 0.4) is 0 Å². The van der Waals surface area contributed by atoms with Crippen molar-refractivity contribution in [1.29, 1.82) is 0 Å². The van der Waals surface area contributed by atoms with E-state index in [4.69, 9.17) is 0 Å². The van der Waals surface area contributed by atoms with Gasteiger partial charge in [-0.2, -0.15) is 18.2 Å². The first-order chi connectivity index (χ1) is 3.79. The van der Waals surface area contributed by atoms with Gasteiger partial charge in [0.25, 0.3) is 0 Å². The van der Waals surface area contributed by atoms with E-state index in [1.165, 1.54) is 7.14 Å². The van der Waals surface area contributed by atoms with Crippen LogP contribution in [0.25, 0.3) is 0 Å². The Morgan fingerprint density at radius 2 is 1.56 bits per heavy atom. The van der Waals surface area contributed by atoms with Gasteiger partial charge in [0.15, 0.2) is 0 Å². The zero-order valence-corrected chi connectivity index (χ0v) is 9.30. The first-order valence-electron chi connectivity index (χ1n) is 2.11. The molecule has 0 atom stereocenters. The molecule has 0 aliphatic rings. The van der Waals surface area contributed by atoms with Gasteiger partial charge < -0.3 is 0 Å². The maximum Gasteiger partial charge on any atom is 1.00 e. The number of hydrogen-bond acceptors (Lipinski definition) is 0. The second-order valence-electron chi connectivity index (χ2n) is 1.37. The fourth-order valence-corrected chi connectivity index (χ4v) is 2.04. The van der Waals surface area contributed by atoms with Gasteiger partial charge in [0, 0.05) is 0 Å². The van der Waals surface area contributed by atoms with Gasteiger partial charge in [-0.05, 0) is 0 Å². The normalized spacial score (nSPS) is 8.22. The summed E-state index contributed by atoms with van der Waals surface area (Å²) in [5.41, 5.74) is 0. The van der Waals surface area contributed by atoms with Crippen molar-refractivity contribution in [3.05, 3.63) is 31.4 Å². The Bertz CT molecular complexity index is 171. The molecule has 0 bridgehead atoms. The van der Waals surface area contributed by atoms with E-state index < -0.39 is 0 Å². The summed E-state index contributed by atoms with van der Waals surface area (Å²) in [7, 11) is 0. The van der Waals surface area contributed by atoms with Gasteiger partial charge in [0.2, 0.25) is 0 Å². The van der Waals surface area contributed by atoms with Crippen LogP contribution >= 0.6 is 45.2 Å². The molecule has 0 nitrogen and oxygen atoms in total. The van der Waals surface area contributed by atoms with E-state index in [0.717, 1.165) is 0 Å². The SMILES string of the molecule is Ic1c[c-]cc(I)c1.[Li+]. The largest absolute Gasteiger partial charge is 1.00 e. The average Bonchev–Trinajstić information content (AvgIpc) is 1.64. The fraction of sp³-hybridized carbons (Fsp3) is 0. The van der Waals surface area contributed by atoms with Crippen LogP contribution in [-0.4, -0.2) is 0 Å². The predicted octanol–water partition coefficient (Wildman–Crippen LogP) is -0.300. The summed E-state index contributed by atoms with van der Waals surface area (Å²) in [6.07, 6.45) is 0. The molecule has 9 heavy (non-hydrogen) atoms. The molecular weight excluding hydrogens is 333 g/mol. The van der Waals surface area contributed by atoms with E-state index in [0.29, 0.717) is 0 Å². The molecule has 1 aromatic carbocycles. The molecule has 0 saturated heterocycles. The first-order valence-corrected chi connectivity index (χ1v) is 4.27. The smallest absolute Gasteiger partial charge is 0.182 e. The van der Waals surface area contributed by atoms with E-state index in [-0.39, 0.29) is 18.9 Å². The molecule has 0 heterocycles. The molecule has 1 aromatic rings. The number of benzene rings is 1. The topological polar surface area (TPSA) is 0 Å². The van der Waals surface area contributed by atoms with Crippen molar-refractivity contribution in [2.24, 2.45) is 0 Å². The van der Waals surface area contributed by atoms with Gasteiger partial charge in [0.1, 0.15) is 0 Å². The van der Waals surface area contributed by atoms with Gasteiger partial charge in [-0.25, -0.2) is 0 Å². The van der Waals surface area contributed by atoms with Crippen LogP contribution in [0.15, 0.2) is 18.2 Å². The van der Waals surface area contributed by atoms with Crippen LogP contribution in [-0.2, 0) is 0 Å². The van der Waals surface area contributed by atoms with Gasteiger partial charge in [-0.1, -0.05) is 7.14 Å². The van der Waals surface area contributed by atoms with E-state index in [2.05, 4.69) is 57.3 Å². The maximum absolute atomic E-state index is 3.01. The van der Waals surface area contributed by atoms with E-state index in [1.54, 1.807) is 0 Å². The monoisotopic (exact) mass is 336 g/mol. The summed E-state index contributed by atoms with van der Waals surface area (Å²) in [5, 5.41) is 0. The van der Waals surface area contributed by atoms with Crippen LogP contribution in [0.4, 0.5) is 0 Å². The molecule has 0 aliphatic carbocycles. The van der Waals surface area contributed by atoms with Crippen LogP contribution in [0.5, 0.6) is 0 Å². The Morgan fingerprint density at radius 1 is 1.11 bits per heavy atom. The Labute approximate surface area is 94.3 Å². The molecule has 0 unspecified atom stereocenters. The van der Waals surface area contributed by atoms with Gasteiger partial charge in [-0.15, -0.1) is 51.2 Å². The zero-order valence-electron chi connectivity index (χ0n) is 4.99. The van der Waals surface area contributed by atoms with Crippen molar-refractivity contribution in [1.82, 2.24) is 0 Å². The molecule has 0 aromatic heterocycles. The molecule has 42 valence electrons. The number of hydrogen-bond donors (Lipinski definition) is 0. The minimum atomic E-state index is 0. The third kappa shape index (κ3) is 3.86. The summed E-state index contributed by atoms with van der Waals surface area (Å²) in [4.78, 5) is 0. The molecular formula is C6H3I2Li. The molecule has 0 aliphatic heterocycles. The van der Waals surface area contributed by atoms with E-state index in [1.807, 2.05) is 12.1 Å². The van der Waals surface area contributed by atoms with Crippen LogP contribution in [0.2, 0.25) is 0 Å². The Balaban J connectivity index is 0.000000640. The molecule has 0 amide bonds. The van der Waals surface area contributed by atoms with Crippen molar-refractivity contribution in [3.63, 3.8) is 0 Å². The molecule has 1 rings (SSSR count). The third-order valence-corrected chi connectivity index (χ3v) is 1.96. The Hall–Kier alpha value is 1.28. The number of rotatable bonds is 0. The maximum atomic E-state index is 3.01. The van der Waals surface area contributed by atoms with Gasteiger partial charge in [0.05, 0.1) is 0 Å². The molecule has 0 saturated carbocycles. The fourth-order valence-electron chi connectivity index (χ4n) is 0.416. The summed E-state index contributed by atoms with van der Waals surface area (Å²) < 4.78 is 2.49. The van der Waals surface area contributed by atoms with Crippen molar-refractivity contribution in [2.45, 2.75) is 0 Å². The van der Waals surface area contributed by atoms with Crippen LogP contribution in [0.1, 0.15) is 0 Å². The Morgan fingerprint density at radius 3 is 1.78 bits per heavy atom. The number of halogens is 2. The van der Waals surface area contributed by atoms with Crippen LogP contribution in [0, 0.1) is 13.2 Å².